The van der Waals surface area contributed by atoms with E-state index < -0.39 is 26.6 Å². The summed E-state index contributed by atoms with van der Waals surface area (Å²) in [6, 6.07) is -0.896. The summed E-state index contributed by atoms with van der Waals surface area (Å²) >= 11 is 0. The van der Waals surface area contributed by atoms with Gasteiger partial charge in [0.1, 0.15) is 19.3 Å². The van der Waals surface area contributed by atoms with E-state index in [0.717, 1.165) is 89.9 Å². The van der Waals surface area contributed by atoms with Crippen molar-refractivity contribution in [2.24, 2.45) is 0 Å². The van der Waals surface area contributed by atoms with Crippen LogP contribution in [0.25, 0.3) is 0 Å². The first-order valence-electron chi connectivity index (χ1n) is 36.7. The van der Waals surface area contributed by atoms with Crippen molar-refractivity contribution in [2.75, 3.05) is 40.9 Å². The highest BCUT2D eigenvalue weighted by Crippen LogP contribution is 2.38. The van der Waals surface area contributed by atoms with Gasteiger partial charge in [0.15, 0.2) is 0 Å². The molecule has 0 aromatic carbocycles. The van der Waals surface area contributed by atoms with Crippen LogP contribution in [0.2, 0.25) is 0 Å². The summed E-state index contributed by atoms with van der Waals surface area (Å²) < 4.78 is 30.5. The monoisotopic (exact) mass is 1230 g/mol. The second kappa shape index (κ2) is 65.4. The number of nitrogens with zero attached hydrogens (tertiary/aromatic N) is 1. The first-order chi connectivity index (χ1) is 41.9. The van der Waals surface area contributed by atoms with Crippen LogP contribution in [0.5, 0.6) is 0 Å². The number of rotatable bonds is 67. The Hall–Kier alpha value is -2.55. The lowest BCUT2D eigenvalue weighted by atomic mass is 10.0. The number of likely N-dealkylation sites (N-methyl/N-ethyl adjacent to an activating group) is 1. The minimum atomic E-state index is -4.71. The lowest BCUT2D eigenvalue weighted by molar-refractivity contribution is -0.870. The minimum Gasteiger partial charge on any atom is -0.756 e. The zero-order valence-corrected chi connectivity index (χ0v) is 58.4. The maximum atomic E-state index is 13.6. The number of hydrogen-bond acceptors (Lipinski definition) is 7. The average molecular weight is 1230 g/mol. The van der Waals surface area contributed by atoms with E-state index in [0.29, 0.717) is 17.4 Å². The van der Waals surface area contributed by atoms with E-state index in [1.807, 2.05) is 33.3 Å². The Kier molecular flexibility index (Phi) is 63.5. The molecule has 0 rings (SSSR count). The molecule has 0 fully saturated rings. The van der Waals surface area contributed by atoms with E-state index >= 15 is 0 Å². The summed E-state index contributed by atoms with van der Waals surface area (Å²) in [5, 5.41) is 3.05. The van der Waals surface area contributed by atoms with Crippen molar-refractivity contribution < 1.29 is 37.3 Å². The molecular weight excluding hydrogens is 1080 g/mol. The number of carbonyl (C=O) groups is 2. The molecule has 0 saturated heterocycles. The second-order valence-corrected chi connectivity index (χ2v) is 27.5. The number of phosphoric acid groups is 1. The summed E-state index contributed by atoms with van der Waals surface area (Å²) in [5.41, 5.74) is 0. The van der Waals surface area contributed by atoms with Crippen LogP contribution in [-0.4, -0.2) is 69.4 Å². The molecule has 86 heavy (non-hydrogen) atoms. The van der Waals surface area contributed by atoms with Crippen LogP contribution in [0.3, 0.4) is 0 Å². The van der Waals surface area contributed by atoms with Crippen LogP contribution in [0.15, 0.2) is 72.9 Å². The van der Waals surface area contributed by atoms with E-state index in [2.05, 4.69) is 86.8 Å². The van der Waals surface area contributed by atoms with Gasteiger partial charge in [0, 0.05) is 12.8 Å². The SMILES string of the molecule is CCCCC/C=C\C/C=C\C/C=C\C/C=C\CCCCCCCCCC(=O)OC(/C=C/CCCCCCCCCCCC)C(COP(=O)([O-])OCC[N+](C)(C)C)NC(=O)CCCCCCCCCCCCCCCCC/C=C/CCCCCCCC. The van der Waals surface area contributed by atoms with Gasteiger partial charge < -0.3 is 28.5 Å². The van der Waals surface area contributed by atoms with Crippen molar-refractivity contribution in [1.82, 2.24) is 5.32 Å². The number of nitrogens with one attached hydrogen (secondary N) is 1. The predicted molar refractivity (Wildman–Crippen MR) is 372 cm³/mol. The molecule has 0 aliphatic rings. The molecule has 0 aliphatic carbocycles. The van der Waals surface area contributed by atoms with Crippen molar-refractivity contribution in [1.29, 1.82) is 0 Å². The molecular formula is C76H141N2O7P. The normalized spacial score (nSPS) is 13.9. The van der Waals surface area contributed by atoms with E-state index in [9.17, 15) is 19.0 Å². The van der Waals surface area contributed by atoms with Gasteiger partial charge in [0.2, 0.25) is 5.91 Å². The van der Waals surface area contributed by atoms with Crippen molar-refractivity contribution in [3.05, 3.63) is 72.9 Å². The first kappa shape index (κ1) is 83.5. The third-order valence-corrected chi connectivity index (χ3v) is 17.3. The van der Waals surface area contributed by atoms with Crippen molar-refractivity contribution in [3.63, 3.8) is 0 Å². The molecule has 3 unspecified atom stereocenters. The highest BCUT2D eigenvalue weighted by Gasteiger charge is 2.27. The number of ether oxygens (including phenoxy) is 1. The minimum absolute atomic E-state index is 0.0251. The highest BCUT2D eigenvalue weighted by atomic mass is 31.2. The molecule has 1 amide bonds. The van der Waals surface area contributed by atoms with Gasteiger partial charge in [-0.15, -0.1) is 0 Å². The maximum Gasteiger partial charge on any atom is 0.306 e. The summed E-state index contributed by atoms with van der Waals surface area (Å²) in [4.78, 5) is 40.2. The van der Waals surface area contributed by atoms with Crippen molar-refractivity contribution >= 4 is 19.7 Å². The van der Waals surface area contributed by atoms with Gasteiger partial charge in [0.25, 0.3) is 7.82 Å². The van der Waals surface area contributed by atoms with Gasteiger partial charge in [-0.25, -0.2) is 0 Å². The number of esters is 1. The van der Waals surface area contributed by atoms with Crippen LogP contribution < -0.4 is 10.2 Å². The van der Waals surface area contributed by atoms with Crippen LogP contribution in [0.4, 0.5) is 0 Å². The van der Waals surface area contributed by atoms with Crippen LogP contribution in [0, 0.1) is 0 Å². The van der Waals surface area contributed by atoms with Crippen molar-refractivity contribution in [3.8, 4) is 0 Å². The molecule has 1 N–H and O–H groups in total. The Bertz CT molecular complexity index is 1700. The van der Waals surface area contributed by atoms with Crippen molar-refractivity contribution in [2.45, 2.75) is 360 Å². The van der Waals surface area contributed by atoms with Crippen LogP contribution >= 0.6 is 7.82 Å². The molecule has 9 nitrogen and oxygen atoms in total. The average Bonchev–Trinajstić information content (AvgIpc) is 3.69. The fraction of sp³-hybridized carbons (Fsp3) is 0.816. The largest absolute Gasteiger partial charge is 0.756 e. The second-order valence-electron chi connectivity index (χ2n) is 26.1. The zero-order valence-electron chi connectivity index (χ0n) is 57.5. The number of quaternary nitrogens is 1. The third-order valence-electron chi connectivity index (χ3n) is 16.4. The Morgan fingerprint density at radius 3 is 1.09 bits per heavy atom. The third kappa shape index (κ3) is 65.9. The van der Waals surface area contributed by atoms with E-state index in [1.54, 1.807) is 0 Å². The van der Waals surface area contributed by atoms with Gasteiger partial charge in [-0.3, -0.25) is 14.2 Å². The molecule has 0 radical (unpaired) electrons. The maximum absolute atomic E-state index is 13.6. The predicted octanol–water partition coefficient (Wildman–Crippen LogP) is 22.9. The van der Waals surface area contributed by atoms with Crippen LogP contribution in [0.1, 0.15) is 348 Å². The molecule has 502 valence electrons. The number of hydrogen-bond donors (Lipinski definition) is 1. The molecule has 0 saturated carbocycles. The lowest BCUT2D eigenvalue weighted by Gasteiger charge is -2.30. The summed E-state index contributed by atoms with van der Waals surface area (Å²) in [7, 11) is 1.18. The van der Waals surface area contributed by atoms with Gasteiger partial charge in [-0.1, -0.05) is 306 Å². The Balaban J connectivity index is 5.05. The molecule has 0 aliphatic heterocycles. The summed E-state index contributed by atoms with van der Waals surface area (Å²) in [5.74, 6) is -0.542. The molecule has 0 spiro atoms. The number of allylic oxidation sites excluding steroid dienone is 11. The molecule has 0 aromatic heterocycles. The van der Waals surface area contributed by atoms with Gasteiger partial charge in [0.05, 0.1) is 33.8 Å². The summed E-state index contributed by atoms with van der Waals surface area (Å²) in [6.45, 7) is 6.84. The summed E-state index contributed by atoms with van der Waals surface area (Å²) in [6.07, 6.45) is 86.0. The fourth-order valence-corrected chi connectivity index (χ4v) is 11.4. The van der Waals surface area contributed by atoms with E-state index in [4.69, 9.17) is 13.8 Å². The molecule has 0 aromatic rings. The Morgan fingerprint density at radius 2 is 0.709 bits per heavy atom. The number of amides is 1. The smallest absolute Gasteiger partial charge is 0.306 e. The molecule has 3 atom stereocenters. The Morgan fingerprint density at radius 1 is 0.407 bits per heavy atom. The standard InChI is InChI=1S/C76H141N2O7P/c1-7-10-13-16-19-22-25-28-30-32-34-36-38-39-41-42-44-46-48-50-53-56-59-62-65-68-75(79)77-73(72-84-86(81,82)83-71-70-78(4,5)6)74(67-64-61-58-55-52-27-24-21-18-15-12-9-3)85-76(80)69-66-63-60-57-54-51-49-47-45-43-40-37-35-33-31-29-26-23-20-17-14-11-8-2/h20,23,28-31,35,37,43,45,64,67,73-74H,7-19,21-22,24-27,32-34,36,38-42,44,46-63,65-66,68-72H2,1-6H3,(H-,77,79,81,82)/b23-20-,30-28+,31-29-,37-35-,45-43-,67-64+. The molecule has 0 heterocycles. The van der Waals surface area contributed by atoms with Gasteiger partial charge in [-0.05, 0) is 102 Å². The first-order valence-corrected chi connectivity index (χ1v) is 38.2. The number of unbranched alkanes of at least 4 members (excludes halogenated alkanes) is 41. The fourth-order valence-electron chi connectivity index (χ4n) is 10.7. The van der Waals surface area contributed by atoms with Gasteiger partial charge >= 0.3 is 5.97 Å². The van der Waals surface area contributed by atoms with E-state index in [-0.39, 0.29) is 24.9 Å². The van der Waals surface area contributed by atoms with Crippen LogP contribution in [-0.2, 0) is 27.9 Å². The topological polar surface area (TPSA) is 114 Å². The highest BCUT2D eigenvalue weighted by molar-refractivity contribution is 7.45. The lowest BCUT2D eigenvalue weighted by Crippen LogP contribution is -2.47. The van der Waals surface area contributed by atoms with E-state index in [1.165, 1.54) is 225 Å². The Labute approximate surface area is 533 Å². The quantitative estimate of drug-likeness (QED) is 0.0212. The number of phosphoric ester groups is 1. The number of carbonyl (C=O) groups excluding carboxylic acids is 2. The zero-order chi connectivity index (χ0) is 62.8. The van der Waals surface area contributed by atoms with Gasteiger partial charge in [-0.2, -0.15) is 0 Å². The molecule has 10 heteroatoms. The molecule has 0 bridgehead atoms.